The van der Waals surface area contributed by atoms with Crippen LogP contribution in [-0.4, -0.2) is 35.0 Å². The number of nitrogens with zero attached hydrogens (tertiary/aromatic N) is 1. The molecule has 1 aliphatic carbocycles. The number of fused-ring (bicyclic) bond motifs is 1. The van der Waals surface area contributed by atoms with Crippen molar-refractivity contribution in [1.82, 2.24) is 10.3 Å². The first kappa shape index (κ1) is 22.5. The first-order valence-corrected chi connectivity index (χ1v) is 11.2. The highest BCUT2D eigenvalue weighted by atomic mass is 79.9. The molecule has 162 valence electrons. The third kappa shape index (κ3) is 5.94. The van der Waals surface area contributed by atoms with Crippen LogP contribution in [0.1, 0.15) is 63.7 Å². The number of carbonyl (C=O) groups excluding carboxylic acids is 2. The van der Waals surface area contributed by atoms with E-state index in [1.54, 1.807) is 13.1 Å². The van der Waals surface area contributed by atoms with E-state index in [4.69, 9.17) is 4.74 Å². The Morgan fingerprint density at radius 3 is 2.53 bits per heavy atom. The molecule has 0 spiro atoms. The number of Topliss-reactive ketones (excluding diaryl/α,β-unsaturated/α-hetero) is 1. The number of anilines is 1. The standard InChI is InChI=1S/C23H30BrN3O3/c1-14(28)19-13-25-20-10-7-16(24)11-18(20)21(19)27-17-8-5-15(6-9-17)12-26-22(29)30-23(2,3)4/h7,10-11,13,15,17H,5-6,8-9,12H2,1-4H3,(H,25,27)(H,26,29). The number of carbonyl (C=O) groups is 2. The number of rotatable bonds is 5. The Balaban J connectivity index is 1.63. The minimum atomic E-state index is -0.484. The van der Waals surface area contributed by atoms with Gasteiger partial charge in [0.05, 0.1) is 16.8 Å². The van der Waals surface area contributed by atoms with Gasteiger partial charge in [-0.2, -0.15) is 0 Å². The molecule has 0 radical (unpaired) electrons. The highest BCUT2D eigenvalue weighted by Gasteiger charge is 2.24. The maximum absolute atomic E-state index is 12.2. The molecule has 1 saturated carbocycles. The van der Waals surface area contributed by atoms with E-state index in [1.807, 2.05) is 39.0 Å². The van der Waals surface area contributed by atoms with E-state index in [2.05, 4.69) is 31.5 Å². The lowest BCUT2D eigenvalue weighted by atomic mass is 9.85. The van der Waals surface area contributed by atoms with Crippen LogP contribution in [0.15, 0.2) is 28.9 Å². The van der Waals surface area contributed by atoms with Gasteiger partial charge in [0.15, 0.2) is 5.78 Å². The first-order valence-electron chi connectivity index (χ1n) is 10.4. The number of hydrogen-bond acceptors (Lipinski definition) is 5. The van der Waals surface area contributed by atoms with E-state index >= 15 is 0 Å². The first-order chi connectivity index (χ1) is 14.1. The molecule has 1 amide bonds. The maximum atomic E-state index is 12.2. The third-order valence-electron chi connectivity index (χ3n) is 5.34. The number of halogens is 1. The number of pyridine rings is 1. The summed E-state index contributed by atoms with van der Waals surface area (Å²) in [6.45, 7) is 7.79. The maximum Gasteiger partial charge on any atom is 0.407 e. The van der Waals surface area contributed by atoms with E-state index < -0.39 is 5.60 Å². The zero-order chi connectivity index (χ0) is 21.9. The van der Waals surface area contributed by atoms with Crippen molar-refractivity contribution in [2.75, 3.05) is 11.9 Å². The van der Waals surface area contributed by atoms with E-state index in [-0.39, 0.29) is 17.9 Å². The molecule has 2 aromatic rings. The van der Waals surface area contributed by atoms with Crippen molar-refractivity contribution in [3.8, 4) is 0 Å². The Bertz CT molecular complexity index is 931. The van der Waals surface area contributed by atoms with Crippen molar-refractivity contribution < 1.29 is 14.3 Å². The predicted octanol–water partition coefficient (Wildman–Crippen LogP) is 5.70. The number of ether oxygens (including phenoxy) is 1. The number of aromatic nitrogens is 1. The average molecular weight is 476 g/mol. The zero-order valence-corrected chi connectivity index (χ0v) is 19.6. The molecule has 1 heterocycles. The van der Waals surface area contributed by atoms with E-state index in [0.29, 0.717) is 18.0 Å². The molecule has 7 heteroatoms. The number of benzene rings is 1. The van der Waals surface area contributed by atoms with Gasteiger partial charge in [0, 0.05) is 28.6 Å². The fourth-order valence-electron chi connectivity index (χ4n) is 3.84. The van der Waals surface area contributed by atoms with Crippen molar-refractivity contribution >= 4 is 44.4 Å². The molecular formula is C23H30BrN3O3. The Hall–Kier alpha value is -2.15. The Kier molecular flexibility index (Phi) is 7.01. The summed E-state index contributed by atoms with van der Waals surface area (Å²) in [6, 6.07) is 6.20. The summed E-state index contributed by atoms with van der Waals surface area (Å²) in [6.07, 6.45) is 5.29. The van der Waals surface area contributed by atoms with Crippen LogP contribution in [-0.2, 0) is 4.74 Å². The lowest BCUT2D eigenvalue weighted by molar-refractivity contribution is 0.0515. The van der Waals surface area contributed by atoms with Crippen molar-refractivity contribution in [3.05, 3.63) is 34.4 Å². The molecule has 1 aromatic heterocycles. The van der Waals surface area contributed by atoms with Gasteiger partial charge in [-0.1, -0.05) is 15.9 Å². The number of nitrogens with one attached hydrogen (secondary N) is 2. The molecule has 6 nitrogen and oxygen atoms in total. The molecule has 0 aliphatic heterocycles. The summed E-state index contributed by atoms with van der Waals surface area (Å²) in [4.78, 5) is 28.5. The number of hydrogen-bond donors (Lipinski definition) is 2. The van der Waals surface area contributed by atoms with Gasteiger partial charge in [-0.05, 0) is 77.5 Å². The fraction of sp³-hybridized carbons (Fsp3) is 0.522. The summed E-state index contributed by atoms with van der Waals surface area (Å²) in [5, 5.41) is 7.46. The molecule has 0 unspecified atom stereocenters. The molecule has 0 bridgehead atoms. The van der Waals surface area contributed by atoms with Crippen LogP contribution >= 0.6 is 15.9 Å². The molecule has 1 fully saturated rings. The van der Waals surface area contributed by atoms with E-state index in [1.165, 1.54) is 0 Å². The van der Waals surface area contributed by atoms with Crippen LogP contribution in [0.5, 0.6) is 0 Å². The normalized spacial score (nSPS) is 19.4. The quantitative estimate of drug-likeness (QED) is 0.542. The van der Waals surface area contributed by atoms with Crippen LogP contribution < -0.4 is 10.6 Å². The highest BCUT2D eigenvalue weighted by molar-refractivity contribution is 9.10. The lowest BCUT2D eigenvalue weighted by Gasteiger charge is -2.31. The average Bonchev–Trinajstić information content (AvgIpc) is 2.66. The second kappa shape index (κ2) is 9.33. The third-order valence-corrected chi connectivity index (χ3v) is 5.83. The van der Waals surface area contributed by atoms with Crippen LogP contribution in [0.3, 0.4) is 0 Å². The molecular weight excluding hydrogens is 446 g/mol. The molecule has 30 heavy (non-hydrogen) atoms. The summed E-state index contributed by atoms with van der Waals surface area (Å²) in [5.74, 6) is 0.438. The summed E-state index contributed by atoms with van der Waals surface area (Å²) in [7, 11) is 0. The molecule has 2 N–H and O–H groups in total. The SMILES string of the molecule is CC(=O)c1cnc2ccc(Br)cc2c1NC1CCC(CNC(=O)OC(C)(C)C)CC1. The number of amides is 1. The van der Waals surface area contributed by atoms with Gasteiger partial charge in [0.2, 0.25) is 0 Å². The van der Waals surface area contributed by atoms with Crippen LogP contribution in [0, 0.1) is 5.92 Å². The van der Waals surface area contributed by atoms with E-state index in [0.717, 1.165) is 46.7 Å². The Morgan fingerprint density at radius 2 is 1.90 bits per heavy atom. The molecule has 1 aliphatic rings. The van der Waals surface area contributed by atoms with Gasteiger partial charge >= 0.3 is 6.09 Å². The molecule has 0 saturated heterocycles. The second-order valence-corrected chi connectivity index (χ2v) is 9.92. The smallest absolute Gasteiger partial charge is 0.407 e. The Labute approximate surface area is 186 Å². The predicted molar refractivity (Wildman–Crippen MR) is 123 cm³/mol. The van der Waals surface area contributed by atoms with Crippen molar-refractivity contribution in [1.29, 1.82) is 0 Å². The Morgan fingerprint density at radius 1 is 1.20 bits per heavy atom. The lowest BCUT2D eigenvalue weighted by Crippen LogP contribution is -2.37. The molecule has 0 atom stereocenters. The zero-order valence-electron chi connectivity index (χ0n) is 18.0. The summed E-state index contributed by atoms with van der Waals surface area (Å²) in [5.41, 5.74) is 1.86. The van der Waals surface area contributed by atoms with E-state index in [9.17, 15) is 9.59 Å². The molecule has 3 rings (SSSR count). The largest absolute Gasteiger partial charge is 0.444 e. The van der Waals surface area contributed by atoms with Gasteiger partial charge in [-0.25, -0.2) is 4.79 Å². The van der Waals surface area contributed by atoms with Crippen LogP contribution in [0.2, 0.25) is 0 Å². The number of alkyl carbamates (subject to hydrolysis) is 1. The van der Waals surface area contributed by atoms with Gasteiger partial charge < -0.3 is 15.4 Å². The van der Waals surface area contributed by atoms with Crippen molar-refractivity contribution in [3.63, 3.8) is 0 Å². The van der Waals surface area contributed by atoms with Gasteiger partial charge in [0.25, 0.3) is 0 Å². The van der Waals surface area contributed by atoms with Crippen LogP contribution in [0.4, 0.5) is 10.5 Å². The van der Waals surface area contributed by atoms with Gasteiger partial charge in [-0.3, -0.25) is 9.78 Å². The van der Waals surface area contributed by atoms with Crippen molar-refractivity contribution in [2.45, 2.75) is 65.0 Å². The highest BCUT2D eigenvalue weighted by Crippen LogP contribution is 2.33. The minimum absolute atomic E-state index is 0.00196. The fourth-order valence-corrected chi connectivity index (χ4v) is 4.21. The van der Waals surface area contributed by atoms with Crippen molar-refractivity contribution in [2.24, 2.45) is 5.92 Å². The van der Waals surface area contributed by atoms with Gasteiger partial charge in [-0.15, -0.1) is 0 Å². The van der Waals surface area contributed by atoms with Gasteiger partial charge in [0.1, 0.15) is 5.60 Å². The minimum Gasteiger partial charge on any atom is -0.444 e. The van der Waals surface area contributed by atoms with Crippen LogP contribution in [0.25, 0.3) is 10.9 Å². The summed E-state index contributed by atoms with van der Waals surface area (Å²) >= 11 is 3.52. The number of ketones is 1. The molecule has 1 aromatic carbocycles. The summed E-state index contributed by atoms with van der Waals surface area (Å²) < 4.78 is 6.27. The topological polar surface area (TPSA) is 80.3 Å². The second-order valence-electron chi connectivity index (χ2n) is 9.01. The monoisotopic (exact) mass is 475 g/mol.